The first-order valence-electron chi connectivity index (χ1n) is 2.35. The maximum atomic E-state index is 6.77. The predicted molar refractivity (Wildman–Crippen MR) is 38.0 cm³/mol. The largest absolute Gasteiger partial charge is 0.379 e. The Labute approximate surface area is 53.3 Å². The summed E-state index contributed by atoms with van der Waals surface area (Å²) in [5, 5.41) is 6.91. The number of amidine groups is 1. The summed E-state index contributed by atoms with van der Waals surface area (Å²) in [6, 6.07) is 0.129. The van der Waals surface area contributed by atoms with Gasteiger partial charge in [0.1, 0.15) is 0 Å². The zero-order chi connectivity index (χ0) is 6.57. The summed E-state index contributed by atoms with van der Waals surface area (Å²) >= 11 is 1.28. The summed E-state index contributed by atoms with van der Waals surface area (Å²) in [6.45, 7) is 1.88. The summed E-state index contributed by atoms with van der Waals surface area (Å²) in [5.41, 5.74) is 10.4. The molecule has 0 bridgehead atoms. The molecule has 3 nitrogen and oxygen atoms in total. The van der Waals surface area contributed by atoms with E-state index in [9.17, 15) is 0 Å². The highest BCUT2D eigenvalue weighted by Gasteiger charge is 1.93. The third-order valence-electron chi connectivity index (χ3n) is 0.502. The highest BCUT2D eigenvalue weighted by molar-refractivity contribution is 8.13. The van der Waals surface area contributed by atoms with Gasteiger partial charge in [0.15, 0.2) is 5.17 Å². The van der Waals surface area contributed by atoms with E-state index in [4.69, 9.17) is 16.9 Å². The lowest BCUT2D eigenvalue weighted by atomic mass is 10.4. The molecule has 0 radical (unpaired) electrons. The molecule has 0 saturated carbocycles. The zero-order valence-corrected chi connectivity index (χ0v) is 5.66. The topological polar surface area (TPSA) is 75.9 Å². The third kappa shape index (κ3) is 5.78. The maximum absolute atomic E-state index is 6.77. The van der Waals surface area contributed by atoms with Crippen LogP contribution in [0, 0.1) is 5.41 Å². The van der Waals surface area contributed by atoms with E-state index in [1.54, 1.807) is 0 Å². The normalized spacial score (nSPS) is 13.2. The van der Waals surface area contributed by atoms with Crippen molar-refractivity contribution in [1.82, 2.24) is 0 Å². The molecule has 0 aliphatic rings. The average molecular weight is 133 g/mol. The molecule has 0 fully saturated rings. The lowest BCUT2D eigenvalue weighted by molar-refractivity contribution is 0.849. The second-order valence-electron chi connectivity index (χ2n) is 1.65. The van der Waals surface area contributed by atoms with Crippen molar-refractivity contribution in [3.63, 3.8) is 0 Å². The number of hydrogen-bond acceptors (Lipinski definition) is 3. The fraction of sp³-hybridized carbons (Fsp3) is 0.750. The fourth-order valence-corrected chi connectivity index (χ4v) is 0.664. The van der Waals surface area contributed by atoms with Crippen molar-refractivity contribution < 1.29 is 0 Å². The average Bonchev–Trinajstić information content (AvgIpc) is 1.61. The minimum Gasteiger partial charge on any atom is -0.379 e. The minimum absolute atomic E-state index is 0.129. The van der Waals surface area contributed by atoms with E-state index in [-0.39, 0.29) is 11.2 Å². The van der Waals surface area contributed by atoms with Crippen LogP contribution < -0.4 is 11.5 Å². The van der Waals surface area contributed by atoms with Crippen molar-refractivity contribution in [2.24, 2.45) is 11.5 Å². The molecule has 1 atom stereocenters. The van der Waals surface area contributed by atoms with Crippen molar-refractivity contribution in [3.05, 3.63) is 0 Å². The van der Waals surface area contributed by atoms with Crippen LogP contribution in [0.25, 0.3) is 0 Å². The predicted octanol–water partition coefficient (Wildman–Crippen LogP) is -0.0397. The Morgan fingerprint density at radius 3 is 2.50 bits per heavy atom. The highest BCUT2D eigenvalue weighted by Crippen LogP contribution is 1.97. The molecule has 0 aromatic heterocycles. The van der Waals surface area contributed by atoms with Gasteiger partial charge in [-0.05, 0) is 6.92 Å². The number of rotatable bonds is 2. The summed E-state index contributed by atoms with van der Waals surface area (Å²) in [6.07, 6.45) is 0. The fourth-order valence-electron chi connectivity index (χ4n) is 0.221. The van der Waals surface area contributed by atoms with Crippen LogP contribution in [0.1, 0.15) is 6.92 Å². The molecular formula is C4H11N3S. The number of nitrogens with two attached hydrogens (primary N) is 2. The standard InChI is InChI=1S/C4H11N3S/c1-3(5)2-8-4(6)7/h3H,2,5H2,1H3,(H3,6,7). The smallest absolute Gasteiger partial charge is 0.151 e. The van der Waals surface area contributed by atoms with E-state index in [0.717, 1.165) is 5.75 Å². The summed E-state index contributed by atoms with van der Waals surface area (Å²) in [5.74, 6) is 0.731. The van der Waals surface area contributed by atoms with Crippen LogP contribution >= 0.6 is 11.8 Å². The monoisotopic (exact) mass is 133 g/mol. The molecule has 4 heteroatoms. The molecule has 5 N–H and O–H groups in total. The van der Waals surface area contributed by atoms with Gasteiger partial charge in [-0.15, -0.1) is 0 Å². The van der Waals surface area contributed by atoms with Gasteiger partial charge in [0.25, 0.3) is 0 Å². The molecule has 0 heterocycles. The van der Waals surface area contributed by atoms with Crippen LogP contribution in [0.2, 0.25) is 0 Å². The summed E-state index contributed by atoms with van der Waals surface area (Å²) in [4.78, 5) is 0. The van der Waals surface area contributed by atoms with Crippen LogP contribution in [-0.2, 0) is 0 Å². The lowest BCUT2D eigenvalue weighted by Crippen LogP contribution is -2.20. The third-order valence-corrected chi connectivity index (χ3v) is 1.51. The number of hydrogen-bond donors (Lipinski definition) is 3. The minimum atomic E-state index is 0.129. The first kappa shape index (κ1) is 7.78. The van der Waals surface area contributed by atoms with Crippen molar-refractivity contribution >= 4 is 16.9 Å². The number of nitrogens with one attached hydrogen (secondary N) is 1. The van der Waals surface area contributed by atoms with Crippen LogP contribution in [0.3, 0.4) is 0 Å². The second-order valence-corrected chi connectivity index (χ2v) is 2.71. The van der Waals surface area contributed by atoms with Crippen molar-refractivity contribution in [3.8, 4) is 0 Å². The molecule has 0 spiro atoms. The summed E-state index contributed by atoms with van der Waals surface area (Å²) < 4.78 is 0. The Hall–Kier alpha value is -0.220. The van der Waals surface area contributed by atoms with Gasteiger partial charge in [0.05, 0.1) is 0 Å². The van der Waals surface area contributed by atoms with Gasteiger partial charge in [-0.1, -0.05) is 11.8 Å². The quantitative estimate of drug-likeness (QED) is 0.365. The Bertz CT molecular complexity index is 81.4. The van der Waals surface area contributed by atoms with Gasteiger partial charge < -0.3 is 11.5 Å². The van der Waals surface area contributed by atoms with E-state index in [0.29, 0.717) is 0 Å². The molecule has 0 aliphatic carbocycles. The molecule has 0 aromatic rings. The highest BCUT2D eigenvalue weighted by atomic mass is 32.2. The van der Waals surface area contributed by atoms with Crippen LogP contribution in [0.4, 0.5) is 0 Å². The first-order chi connectivity index (χ1) is 3.63. The molecule has 48 valence electrons. The summed E-state index contributed by atoms with van der Waals surface area (Å²) in [7, 11) is 0. The van der Waals surface area contributed by atoms with E-state index in [2.05, 4.69) is 0 Å². The molecule has 0 aliphatic heterocycles. The lowest BCUT2D eigenvalue weighted by Gasteiger charge is -2.00. The van der Waals surface area contributed by atoms with E-state index >= 15 is 0 Å². The van der Waals surface area contributed by atoms with Gasteiger partial charge >= 0.3 is 0 Å². The van der Waals surface area contributed by atoms with Gasteiger partial charge in [-0.25, -0.2) is 0 Å². The Balaban J connectivity index is 3.05. The zero-order valence-electron chi connectivity index (χ0n) is 4.85. The first-order valence-corrected chi connectivity index (χ1v) is 3.34. The van der Waals surface area contributed by atoms with Gasteiger partial charge in [-0.2, -0.15) is 0 Å². The van der Waals surface area contributed by atoms with Gasteiger partial charge in [0.2, 0.25) is 0 Å². The van der Waals surface area contributed by atoms with Crippen molar-refractivity contribution in [2.75, 3.05) is 5.75 Å². The molecule has 1 unspecified atom stereocenters. The van der Waals surface area contributed by atoms with Crippen molar-refractivity contribution in [2.45, 2.75) is 13.0 Å². The van der Waals surface area contributed by atoms with Gasteiger partial charge in [-0.3, -0.25) is 5.41 Å². The van der Waals surface area contributed by atoms with E-state index in [1.807, 2.05) is 6.92 Å². The molecule has 0 saturated heterocycles. The molecule has 0 rings (SSSR count). The van der Waals surface area contributed by atoms with Crippen LogP contribution in [0.5, 0.6) is 0 Å². The maximum Gasteiger partial charge on any atom is 0.151 e. The molecule has 8 heavy (non-hydrogen) atoms. The Morgan fingerprint density at radius 2 is 2.38 bits per heavy atom. The van der Waals surface area contributed by atoms with E-state index < -0.39 is 0 Å². The van der Waals surface area contributed by atoms with Crippen LogP contribution in [-0.4, -0.2) is 17.0 Å². The molecular weight excluding hydrogens is 122 g/mol. The van der Waals surface area contributed by atoms with Gasteiger partial charge in [0, 0.05) is 11.8 Å². The van der Waals surface area contributed by atoms with E-state index in [1.165, 1.54) is 11.8 Å². The Kier molecular flexibility index (Phi) is 3.64. The second kappa shape index (κ2) is 3.74. The molecule has 0 aromatic carbocycles. The molecule has 0 amide bonds. The Morgan fingerprint density at radius 1 is 1.88 bits per heavy atom. The van der Waals surface area contributed by atoms with Crippen molar-refractivity contribution in [1.29, 1.82) is 5.41 Å². The SMILES string of the molecule is CC(N)CSC(=N)N. The van der Waals surface area contributed by atoms with Crippen LogP contribution in [0.15, 0.2) is 0 Å². The number of thioether (sulfide) groups is 1.